The molecule has 0 fully saturated rings. The normalized spacial score (nSPS) is 10.4. The molecule has 0 atom stereocenters. The van der Waals surface area contributed by atoms with Gasteiger partial charge < -0.3 is 5.11 Å². The van der Waals surface area contributed by atoms with Gasteiger partial charge in [0.1, 0.15) is 0 Å². The summed E-state index contributed by atoms with van der Waals surface area (Å²) in [4.78, 5) is 0. The second-order valence-electron chi connectivity index (χ2n) is 4.09. The summed E-state index contributed by atoms with van der Waals surface area (Å²) in [5.74, 6) is 0. The van der Waals surface area contributed by atoms with Gasteiger partial charge in [-0.15, -0.1) is 0 Å². The number of unbranched alkanes of at least 4 members (excludes halogenated alkanes) is 6. The van der Waals surface area contributed by atoms with E-state index in [1.807, 2.05) is 0 Å². The van der Waals surface area contributed by atoms with E-state index in [0.717, 1.165) is 12.8 Å². The maximum absolute atomic E-state index is 8.68. The fourth-order valence-corrected chi connectivity index (χ4v) is 1.62. The number of aliphatic hydroxyl groups is 1. The monoisotopic (exact) mass is 198 g/mol. The first-order valence-electron chi connectivity index (χ1n) is 6.08. The van der Waals surface area contributed by atoms with Gasteiger partial charge in [0.2, 0.25) is 0 Å². The largest absolute Gasteiger partial charge is 0.396 e. The van der Waals surface area contributed by atoms with E-state index in [9.17, 15) is 0 Å². The lowest BCUT2D eigenvalue weighted by molar-refractivity contribution is 0.297. The van der Waals surface area contributed by atoms with Crippen molar-refractivity contribution in [3.05, 3.63) is 12.2 Å². The van der Waals surface area contributed by atoms with Crippen LogP contribution in [0.25, 0.3) is 0 Å². The first-order valence-corrected chi connectivity index (χ1v) is 6.08. The summed E-state index contributed by atoms with van der Waals surface area (Å²) in [6.07, 6.45) is 11.3. The Bertz CT molecular complexity index is 129. The molecular formula is C13H26O. The Kier molecular flexibility index (Phi) is 10.5. The number of hydrogen-bond acceptors (Lipinski definition) is 1. The molecule has 0 saturated heterocycles. The summed E-state index contributed by atoms with van der Waals surface area (Å²) in [5.41, 5.74) is 1.21. The van der Waals surface area contributed by atoms with Gasteiger partial charge in [-0.1, -0.05) is 57.6 Å². The zero-order valence-corrected chi connectivity index (χ0v) is 9.73. The van der Waals surface area contributed by atoms with Crippen LogP contribution in [0.3, 0.4) is 0 Å². The van der Waals surface area contributed by atoms with Crippen LogP contribution in [0.2, 0.25) is 0 Å². The van der Waals surface area contributed by atoms with Crippen LogP contribution in [-0.2, 0) is 0 Å². The van der Waals surface area contributed by atoms with E-state index >= 15 is 0 Å². The summed E-state index contributed by atoms with van der Waals surface area (Å²) < 4.78 is 0. The Balaban J connectivity index is 3.01. The minimum Gasteiger partial charge on any atom is -0.396 e. The van der Waals surface area contributed by atoms with Crippen molar-refractivity contribution >= 4 is 0 Å². The molecule has 0 aliphatic heterocycles. The number of rotatable bonds is 10. The van der Waals surface area contributed by atoms with Crippen molar-refractivity contribution < 1.29 is 5.11 Å². The lowest BCUT2D eigenvalue weighted by Gasteiger charge is -2.03. The third-order valence-electron chi connectivity index (χ3n) is 2.60. The summed E-state index contributed by atoms with van der Waals surface area (Å²) in [6, 6.07) is 0. The van der Waals surface area contributed by atoms with Gasteiger partial charge in [-0.05, 0) is 19.3 Å². The van der Waals surface area contributed by atoms with Gasteiger partial charge in [0.25, 0.3) is 0 Å². The molecule has 0 aromatic rings. The Hall–Kier alpha value is -0.300. The van der Waals surface area contributed by atoms with Crippen LogP contribution < -0.4 is 0 Å². The summed E-state index contributed by atoms with van der Waals surface area (Å²) in [6.45, 7) is 6.44. The molecule has 0 bridgehead atoms. The number of aliphatic hydroxyl groups excluding tert-OH is 1. The molecule has 0 heterocycles. The van der Waals surface area contributed by atoms with E-state index in [4.69, 9.17) is 5.11 Å². The van der Waals surface area contributed by atoms with Crippen molar-refractivity contribution in [3.63, 3.8) is 0 Å². The predicted octanol–water partition coefficient (Wildman–Crippen LogP) is 4.07. The molecule has 0 unspecified atom stereocenters. The first-order chi connectivity index (χ1) is 6.81. The van der Waals surface area contributed by atoms with Gasteiger partial charge in [0.05, 0.1) is 0 Å². The smallest absolute Gasteiger partial charge is 0.0468 e. The highest BCUT2D eigenvalue weighted by Gasteiger charge is 1.94. The van der Waals surface area contributed by atoms with E-state index < -0.39 is 0 Å². The van der Waals surface area contributed by atoms with Crippen molar-refractivity contribution in [1.82, 2.24) is 0 Å². The molecule has 0 aromatic carbocycles. The SMILES string of the molecule is C=C(CCO)CCCCCCCCC. The van der Waals surface area contributed by atoms with Gasteiger partial charge in [0.15, 0.2) is 0 Å². The van der Waals surface area contributed by atoms with Crippen LogP contribution in [0.1, 0.15) is 64.7 Å². The quantitative estimate of drug-likeness (QED) is 0.414. The molecule has 14 heavy (non-hydrogen) atoms. The zero-order chi connectivity index (χ0) is 10.6. The Morgan fingerprint density at radius 2 is 1.50 bits per heavy atom. The van der Waals surface area contributed by atoms with E-state index in [1.54, 1.807) is 0 Å². The van der Waals surface area contributed by atoms with Crippen molar-refractivity contribution in [1.29, 1.82) is 0 Å². The summed E-state index contributed by atoms with van der Waals surface area (Å²) in [5, 5.41) is 8.68. The average Bonchev–Trinajstić information content (AvgIpc) is 2.17. The van der Waals surface area contributed by atoms with Crippen LogP contribution in [0.5, 0.6) is 0 Å². The van der Waals surface area contributed by atoms with Gasteiger partial charge in [-0.3, -0.25) is 0 Å². The first kappa shape index (κ1) is 13.7. The van der Waals surface area contributed by atoms with Gasteiger partial charge >= 0.3 is 0 Å². The third kappa shape index (κ3) is 9.79. The molecule has 0 aliphatic rings. The predicted molar refractivity (Wildman–Crippen MR) is 63.5 cm³/mol. The number of hydrogen-bond donors (Lipinski definition) is 1. The standard InChI is InChI=1S/C13H26O/c1-3-4-5-6-7-8-9-10-13(2)11-12-14/h14H,2-12H2,1H3. The maximum Gasteiger partial charge on any atom is 0.0468 e. The Morgan fingerprint density at radius 3 is 2.07 bits per heavy atom. The highest BCUT2D eigenvalue weighted by Crippen LogP contribution is 2.12. The van der Waals surface area contributed by atoms with Crippen LogP contribution in [0, 0.1) is 0 Å². The van der Waals surface area contributed by atoms with E-state index in [-0.39, 0.29) is 6.61 Å². The lowest BCUT2D eigenvalue weighted by Crippen LogP contribution is -1.88. The molecule has 0 saturated carbocycles. The molecule has 1 nitrogen and oxygen atoms in total. The van der Waals surface area contributed by atoms with Crippen LogP contribution in [0.4, 0.5) is 0 Å². The van der Waals surface area contributed by atoms with Crippen molar-refractivity contribution in [2.24, 2.45) is 0 Å². The highest BCUT2D eigenvalue weighted by atomic mass is 16.2. The second kappa shape index (κ2) is 10.8. The molecule has 0 spiro atoms. The van der Waals surface area contributed by atoms with Crippen molar-refractivity contribution in [2.75, 3.05) is 6.61 Å². The minimum absolute atomic E-state index is 0.259. The zero-order valence-electron chi connectivity index (χ0n) is 9.73. The van der Waals surface area contributed by atoms with E-state index in [0.29, 0.717) is 0 Å². The van der Waals surface area contributed by atoms with Crippen molar-refractivity contribution in [3.8, 4) is 0 Å². The fraction of sp³-hybridized carbons (Fsp3) is 0.846. The lowest BCUT2D eigenvalue weighted by atomic mass is 10.0. The van der Waals surface area contributed by atoms with Crippen LogP contribution in [-0.4, -0.2) is 11.7 Å². The summed E-state index contributed by atoms with van der Waals surface area (Å²) >= 11 is 0. The molecule has 0 aromatic heterocycles. The Labute approximate surface area is 89.2 Å². The summed E-state index contributed by atoms with van der Waals surface area (Å²) in [7, 11) is 0. The molecule has 0 radical (unpaired) electrons. The molecule has 84 valence electrons. The average molecular weight is 198 g/mol. The van der Waals surface area contributed by atoms with Crippen molar-refractivity contribution in [2.45, 2.75) is 64.7 Å². The van der Waals surface area contributed by atoms with Gasteiger partial charge in [0, 0.05) is 6.61 Å². The second-order valence-corrected chi connectivity index (χ2v) is 4.09. The molecular weight excluding hydrogens is 172 g/mol. The third-order valence-corrected chi connectivity index (χ3v) is 2.60. The molecule has 0 amide bonds. The van der Waals surface area contributed by atoms with Crippen LogP contribution >= 0.6 is 0 Å². The van der Waals surface area contributed by atoms with E-state index in [2.05, 4.69) is 13.5 Å². The fourth-order valence-electron chi connectivity index (χ4n) is 1.62. The Morgan fingerprint density at radius 1 is 0.929 bits per heavy atom. The van der Waals surface area contributed by atoms with Gasteiger partial charge in [-0.2, -0.15) is 0 Å². The van der Waals surface area contributed by atoms with Crippen LogP contribution in [0.15, 0.2) is 12.2 Å². The molecule has 1 N–H and O–H groups in total. The highest BCUT2D eigenvalue weighted by molar-refractivity contribution is 4.93. The molecule has 1 heteroatoms. The van der Waals surface area contributed by atoms with E-state index in [1.165, 1.54) is 50.5 Å². The molecule has 0 aliphatic carbocycles. The van der Waals surface area contributed by atoms with Gasteiger partial charge in [-0.25, -0.2) is 0 Å². The maximum atomic E-state index is 8.68. The molecule has 0 rings (SSSR count). The minimum atomic E-state index is 0.259. The topological polar surface area (TPSA) is 20.2 Å².